The molecule has 5 heteroatoms. The Bertz CT molecular complexity index is 426. The van der Waals surface area contributed by atoms with E-state index in [9.17, 15) is 9.59 Å². The van der Waals surface area contributed by atoms with Crippen LogP contribution >= 0.6 is 0 Å². The molecule has 20 heavy (non-hydrogen) atoms. The monoisotopic (exact) mass is 283 g/mol. The van der Waals surface area contributed by atoms with Crippen molar-refractivity contribution in [2.24, 2.45) is 0 Å². The van der Waals surface area contributed by atoms with Crippen molar-refractivity contribution in [3.05, 3.63) is 11.6 Å². The highest BCUT2D eigenvalue weighted by Gasteiger charge is 2.37. The van der Waals surface area contributed by atoms with E-state index in [2.05, 4.69) is 0 Å². The number of carbonyl (C=O) groups is 2. The molecule has 0 unspecified atom stereocenters. The normalized spacial score (nSPS) is 19.6. The standard InChI is InChI=1S/C15H25NO4/c1-10-8-11(12(17)19-14(2,3)4)16(9-10)13(18)20-15(5,6)7/h8,11H,9H2,1-7H3/t11-/m0/s1. The van der Waals surface area contributed by atoms with Crippen LogP contribution in [0.5, 0.6) is 0 Å². The predicted octanol–water partition coefficient (Wildman–Crippen LogP) is 2.89. The Balaban J connectivity index is 2.82. The van der Waals surface area contributed by atoms with Gasteiger partial charge in [-0.25, -0.2) is 9.59 Å². The van der Waals surface area contributed by atoms with Crippen molar-refractivity contribution in [2.75, 3.05) is 6.54 Å². The maximum Gasteiger partial charge on any atom is 0.411 e. The molecular formula is C15H25NO4. The van der Waals surface area contributed by atoms with Crippen LogP contribution in [0, 0.1) is 0 Å². The minimum Gasteiger partial charge on any atom is -0.458 e. The van der Waals surface area contributed by atoms with Crippen molar-refractivity contribution in [1.29, 1.82) is 0 Å². The molecule has 0 spiro atoms. The zero-order chi connectivity index (χ0) is 15.7. The van der Waals surface area contributed by atoms with Gasteiger partial charge >= 0.3 is 12.1 Å². The van der Waals surface area contributed by atoms with Gasteiger partial charge < -0.3 is 9.47 Å². The largest absolute Gasteiger partial charge is 0.458 e. The molecule has 0 saturated heterocycles. The summed E-state index contributed by atoms with van der Waals surface area (Å²) in [4.78, 5) is 25.7. The summed E-state index contributed by atoms with van der Waals surface area (Å²) in [6.07, 6.45) is 1.25. The molecule has 0 aromatic heterocycles. The minimum atomic E-state index is -0.705. The second-order valence-electron chi connectivity index (χ2n) is 7.10. The summed E-state index contributed by atoms with van der Waals surface area (Å²) in [6.45, 7) is 13.1. The van der Waals surface area contributed by atoms with E-state index in [0.717, 1.165) is 5.57 Å². The van der Waals surface area contributed by atoms with Gasteiger partial charge in [-0.3, -0.25) is 4.90 Å². The lowest BCUT2D eigenvalue weighted by Crippen LogP contribution is -2.46. The van der Waals surface area contributed by atoms with Crippen LogP contribution in [0.4, 0.5) is 4.79 Å². The fraction of sp³-hybridized carbons (Fsp3) is 0.733. The Hall–Kier alpha value is -1.52. The summed E-state index contributed by atoms with van der Waals surface area (Å²) in [5, 5.41) is 0. The van der Waals surface area contributed by atoms with E-state index in [1.807, 2.05) is 6.92 Å². The molecular weight excluding hydrogens is 258 g/mol. The van der Waals surface area contributed by atoms with Crippen LogP contribution in [0.3, 0.4) is 0 Å². The molecule has 1 aliphatic heterocycles. The zero-order valence-corrected chi connectivity index (χ0v) is 13.4. The van der Waals surface area contributed by atoms with E-state index in [0.29, 0.717) is 6.54 Å². The molecule has 1 atom stereocenters. The average molecular weight is 283 g/mol. The molecule has 114 valence electrons. The number of hydrogen-bond donors (Lipinski definition) is 0. The maximum atomic E-state index is 12.2. The third kappa shape index (κ3) is 4.87. The second kappa shape index (κ2) is 5.46. The number of hydrogen-bond acceptors (Lipinski definition) is 4. The van der Waals surface area contributed by atoms with Gasteiger partial charge in [-0.05, 0) is 48.5 Å². The van der Waals surface area contributed by atoms with E-state index in [1.165, 1.54) is 4.90 Å². The Morgan fingerprint density at radius 3 is 2.05 bits per heavy atom. The molecule has 1 heterocycles. The zero-order valence-electron chi connectivity index (χ0n) is 13.4. The number of ether oxygens (including phenoxy) is 2. The lowest BCUT2D eigenvalue weighted by Gasteiger charge is -2.29. The smallest absolute Gasteiger partial charge is 0.411 e. The molecule has 1 rings (SSSR count). The number of rotatable bonds is 1. The molecule has 0 aromatic carbocycles. The van der Waals surface area contributed by atoms with Crippen molar-refractivity contribution in [1.82, 2.24) is 4.90 Å². The lowest BCUT2D eigenvalue weighted by molar-refractivity contribution is -0.158. The highest BCUT2D eigenvalue weighted by Crippen LogP contribution is 2.22. The van der Waals surface area contributed by atoms with Crippen LogP contribution in [-0.4, -0.2) is 40.8 Å². The molecule has 0 N–H and O–H groups in total. The first-order valence-electron chi connectivity index (χ1n) is 6.79. The van der Waals surface area contributed by atoms with Gasteiger partial charge in [-0.15, -0.1) is 0 Å². The van der Waals surface area contributed by atoms with Gasteiger partial charge in [-0.1, -0.05) is 11.6 Å². The number of nitrogens with zero attached hydrogens (tertiary/aromatic N) is 1. The van der Waals surface area contributed by atoms with E-state index in [4.69, 9.17) is 9.47 Å². The number of carbonyl (C=O) groups excluding carboxylic acids is 2. The van der Waals surface area contributed by atoms with E-state index in [1.54, 1.807) is 47.6 Å². The Kier molecular flexibility index (Phi) is 4.52. The first-order chi connectivity index (χ1) is 8.89. The molecule has 0 saturated carbocycles. The van der Waals surface area contributed by atoms with Crippen LogP contribution in [0.2, 0.25) is 0 Å². The molecule has 5 nitrogen and oxygen atoms in total. The third-order valence-electron chi connectivity index (χ3n) is 2.47. The van der Waals surface area contributed by atoms with Gasteiger partial charge in [0, 0.05) is 6.54 Å². The maximum absolute atomic E-state index is 12.2. The average Bonchev–Trinajstić information content (AvgIpc) is 2.55. The van der Waals surface area contributed by atoms with E-state index < -0.39 is 29.3 Å². The van der Waals surface area contributed by atoms with Gasteiger partial charge in [0.25, 0.3) is 0 Å². The van der Waals surface area contributed by atoms with Gasteiger partial charge in [-0.2, -0.15) is 0 Å². The van der Waals surface area contributed by atoms with Gasteiger partial charge in [0.2, 0.25) is 0 Å². The predicted molar refractivity (Wildman–Crippen MR) is 76.3 cm³/mol. The van der Waals surface area contributed by atoms with Gasteiger partial charge in [0.15, 0.2) is 6.04 Å². The number of amides is 1. The summed E-state index contributed by atoms with van der Waals surface area (Å²) >= 11 is 0. The van der Waals surface area contributed by atoms with Crippen LogP contribution in [0.25, 0.3) is 0 Å². The highest BCUT2D eigenvalue weighted by atomic mass is 16.6. The van der Waals surface area contributed by atoms with Crippen LogP contribution < -0.4 is 0 Å². The van der Waals surface area contributed by atoms with E-state index in [-0.39, 0.29) is 0 Å². The molecule has 1 aliphatic rings. The SMILES string of the molecule is CC1=C[C@@H](C(=O)OC(C)(C)C)N(C(=O)OC(C)(C)C)C1. The Morgan fingerprint density at radius 1 is 1.10 bits per heavy atom. The lowest BCUT2D eigenvalue weighted by atomic mass is 10.2. The summed E-state index contributed by atoms with van der Waals surface area (Å²) in [6, 6.07) is -0.705. The van der Waals surface area contributed by atoms with Crippen molar-refractivity contribution in [2.45, 2.75) is 65.7 Å². The quantitative estimate of drug-likeness (QED) is 0.548. The van der Waals surface area contributed by atoms with Gasteiger partial charge in [0.05, 0.1) is 0 Å². The van der Waals surface area contributed by atoms with E-state index >= 15 is 0 Å². The van der Waals surface area contributed by atoms with Crippen LogP contribution in [-0.2, 0) is 14.3 Å². The first-order valence-corrected chi connectivity index (χ1v) is 6.79. The Morgan fingerprint density at radius 2 is 1.60 bits per heavy atom. The molecule has 0 bridgehead atoms. The van der Waals surface area contributed by atoms with Crippen molar-refractivity contribution >= 4 is 12.1 Å². The van der Waals surface area contributed by atoms with Gasteiger partial charge in [0.1, 0.15) is 11.2 Å². The third-order valence-corrected chi connectivity index (χ3v) is 2.47. The fourth-order valence-corrected chi connectivity index (χ4v) is 1.84. The minimum absolute atomic E-state index is 0.388. The van der Waals surface area contributed by atoms with Crippen LogP contribution in [0.1, 0.15) is 48.5 Å². The van der Waals surface area contributed by atoms with Crippen molar-refractivity contribution in [3.63, 3.8) is 0 Å². The summed E-state index contributed by atoms with van der Waals surface area (Å²) in [5.41, 5.74) is -0.223. The second-order valence-corrected chi connectivity index (χ2v) is 7.10. The molecule has 0 radical (unpaired) electrons. The highest BCUT2D eigenvalue weighted by molar-refractivity contribution is 5.85. The first kappa shape index (κ1) is 16.5. The summed E-state index contributed by atoms with van der Waals surface area (Å²) < 4.78 is 10.7. The van der Waals surface area contributed by atoms with Crippen molar-refractivity contribution in [3.8, 4) is 0 Å². The molecule has 1 amide bonds. The topological polar surface area (TPSA) is 55.8 Å². The van der Waals surface area contributed by atoms with Crippen LogP contribution in [0.15, 0.2) is 11.6 Å². The fourth-order valence-electron chi connectivity index (χ4n) is 1.84. The summed E-state index contributed by atoms with van der Waals surface area (Å²) in [5.74, 6) is -0.430. The summed E-state index contributed by atoms with van der Waals surface area (Å²) in [7, 11) is 0. The molecule has 0 aromatic rings. The Labute approximate surface area is 120 Å². The molecule has 0 fully saturated rings. The molecule has 0 aliphatic carbocycles. The number of esters is 1. The van der Waals surface area contributed by atoms with Crippen molar-refractivity contribution < 1.29 is 19.1 Å².